The molecule has 2 aromatic rings. The van der Waals surface area contributed by atoms with E-state index < -0.39 is 23.6 Å². The maximum atomic E-state index is 13.6. The molecule has 0 saturated heterocycles. The van der Waals surface area contributed by atoms with Gasteiger partial charge in [-0.3, -0.25) is 9.78 Å². The topological polar surface area (TPSA) is 59.4 Å². The number of ether oxygens (including phenoxy) is 1. The highest BCUT2D eigenvalue weighted by Gasteiger charge is 2.42. The Morgan fingerprint density at radius 1 is 1.23 bits per heavy atom. The lowest BCUT2D eigenvalue weighted by Crippen LogP contribution is -2.22. The second-order valence-electron chi connectivity index (χ2n) is 6.39. The first-order chi connectivity index (χ1) is 12.4. The fraction of sp³-hybridized carbons (Fsp3) is 0.368. The Hall–Kier alpha value is -2.57. The number of hydrogen-bond donors (Lipinski definition) is 1. The van der Waals surface area contributed by atoms with Gasteiger partial charge in [0.2, 0.25) is 0 Å². The minimum Gasteiger partial charge on any atom is -0.488 e. The molecule has 1 atom stereocenters. The van der Waals surface area contributed by atoms with Gasteiger partial charge in [0, 0.05) is 12.6 Å². The van der Waals surface area contributed by atoms with E-state index in [4.69, 9.17) is 4.74 Å². The van der Waals surface area contributed by atoms with Crippen molar-refractivity contribution in [3.8, 4) is 5.75 Å². The van der Waals surface area contributed by atoms with Crippen LogP contribution in [0, 0.1) is 11.8 Å². The van der Waals surface area contributed by atoms with E-state index in [9.17, 15) is 23.1 Å². The summed E-state index contributed by atoms with van der Waals surface area (Å²) in [5, 5.41) is 9.32. The average Bonchev–Trinajstić information content (AvgIpc) is 3.42. The first-order valence-electron chi connectivity index (χ1n) is 8.31. The van der Waals surface area contributed by atoms with Gasteiger partial charge in [0.1, 0.15) is 17.9 Å². The molecule has 3 rings (SSSR count). The number of alkyl halides is 3. The number of carboxylic acid groups (broad SMARTS) is 1. The predicted molar refractivity (Wildman–Crippen MR) is 87.6 cm³/mol. The van der Waals surface area contributed by atoms with Gasteiger partial charge in [-0.15, -0.1) is 0 Å². The van der Waals surface area contributed by atoms with Crippen LogP contribution < -0.4 is 4.74 Å². The third-order valence-corrected chi connectivity index (χ3v) is 4.43. The Kier molecular flexibility index (Phi) is 5.15. The van der Waals surface area contributed by atoms with Gasteiger partial charge in [-0.25, -0.2) is 0 Å². The standard InChI is InChI=1S/C19H18F3NO3/c20-19(21,22)17-15(10-14(18(24)25)13-6-7-13)23-9-8-16(17)26-11-12-4-2-1-3-5-12/h1-5,8-9,13-14H,6-7,10-11H2,(H,24,25). The van der Waals surface area contributed by atoms with E-state index in [1.165, 1.54) is 12.3 Å². The summed E-state index contributed by atoms with van der Waals surface area (Å²) in [6.07, 6.45) is -2.25. The summed E-state index contributed by atoms with van der Waals surface area (Å²) in [4.78, 5) is 15.2. The number of halogens is 3. The number of nitrogens with zero attached hydrogens (tertiary/aromatic N) is 1. The molecule has 1 N–H and O–H groups in total. The summed E-state index contributed by atoms with van der Waals surface area (Å²) in [7, 11) is 0. The van der Waals surface area contributed by atoms with Crippen molar-refractivity contribution in [1.29, 1.82) is 0 Å². The Morgan fingerprint density at radius 3 is 2.50 bits per heavy atom. The molecule has 1 aliphatic carbocycles. The van der Waals surface area contributed by atoms with Crippen LogP contribution in [0.4, 0.5) is 13.2 Å². The number of hydrogen-bond acceptors (Lipinski definition) is 3. The zero-order chi connectivity index (χ0) is 18.7. The number of carboxylic acids is 1. The van der Waals surface area contributed by atoms with E-state index in [2.05, 4.69) is 4.98 Å². The van der Waals surface area contributed by atoms with Gasteiger partial charge in [-0.05, 0) is 30.4 Å². The lowest BCUT2D eigenvalue weighted by molar-refractivity contribution is -0.144. The van der Waals surface area contributed by atoms with Gasteiger partial charge < -0.3 is 9.84 Å². The lowest BCUT2D eigenvalue weighted by atomic mass is 9.95. The molecule has 138 valence electrons. The molecule has 1 heterocycles. The molecule has 0 amide bonds. The van der Waals surface area contributed by atoms with Crippen LogP contribution in [-0.4, -0.2) is 16.1 Å². The summed E-state index contributed by atoms with van der Waals surface area (Å²) in [6, 6.07) is 10.0. The van der Waals surface area contributed by atoms with E-state index in [0.717, 1.165) is 18.4 Å². The van der Waals surface area contributed by atoms with Crippen LogP contribution >= 0.6 is 0 Å². The highest BCUT2D eigenvalue weighted by atomic mass is 19.4. The molecule has 7 heteroatoms. The second-order valence-corrected chi connectivity index (χ2v) is 6.39. The van der Waals surface area contributed by atoms with Crippen molar-refractivity contribution in [2.75, 3.05) is 0 Å². The van der Waals surface area contributed by atoms with E-state index in [0.29, 0.717) is 0 Å². The van der Waals surface area contributed by atoms with Gasteiger partial charge in [0.15, 0.2) is 0 Å². The molecule has 1 aromatic carbocycles. The summed E-state index contributed by atoms with van der Waals surface area (Å²) in [6.45, 7) is -0.0155. The third kappa shape index (κ3) is 4.33. The van der Waals surface area contributed by atoms with Crippen molar-refractivity contribution >= 4 is 5.97 Å². The van der Waals surface area contributed by atoms with Crippen molar-refractivity contribution in [2.45, 2.75) is 32.0 Å². The minimum absolute atomic E-state index is 0.0155. The van der Waals surface area contributed by atoms with Gasteiger partial charge in [-0.1, -0.05) is 30.3 Å². The average molecular weight is 365 g/mol. The highest BCUT2D eigenvalue weighted by Crippen LogP contribution is 2.42. The molecule has 1 unspecified atom stereocenters. The minimum atomic E-state index is -4.68. The summed E-state index contributed by atoms with van der Waals surface area (Å²) in [5.41, 5.74) is -0.523. The molecule has 0 spiro atoms. The van der Waals surface area contributed by atoms with E-state index in [1.54, 1.807) is 30.3 Å². The number of benzene rings is 1. The van der Waals surface area contributed by atoms with Crippen LogP contribution in [0.3, 0.4) is 0 Å². The number of rotatable bonds is 7. The third-order valence-electron chi connectivity index (χ3n) is 4.43. The molecule has 4 nitrogen and oxygen atoms in total. The molecule has 0 bridgehead atoms. The van der Waals surface area contributed by atoms with Gasteiger partial charge in [0.05, 0.1) is 11.6 Å². The van der Waals surface area contributed by atoms with Crippen molar-refractivity contribution in [1.82, 2.24) is 4.98 Å². The van der Waals surface area contributed by atoms with Crippen LogP contribution in [0.5, 0.6) is 5.75 Å². The molecule has 26 heavy (non-hydrogen) atoms. The number of pyridine rings is 1. The molecule has 0 aliphatic heterocycles. The zero-order valence-corrected chi connectivity index (χ0v) is 13.9. The highest BCUT2D eigenvalue weighted by molar-refractivity contribution is 5.71. The first-order valence-corrected chi connectivity index (χ1v) is 8.31. The largest absolute Gasteiger partial charge is 0.488 e. The molecule has 1 aromatic heterocycles. The van der Waals surface area contributed by atoms with Crippen LogP contribution in [0.25, 0.3) is 0 Å². The monoisotopic (exact) mass is 365 g/mol. The zero-order valence-electron chi connectivity index (χ0n) is 13.9. The van der Waals surface area contributed by atoms with Crippen LogP contribution in [0.2, 0.25) is 0 Å². The predicted octanol–water partition coefficient (Wildman–Crippen LogP) is 4.33. The molecule has 1 aliphatic rings. The first kappa shape index (κ1) is 18.2. The Balaban J connectivity index is 1.88. The van der Waals surface area contributed by atoms with Crippen LogP contribution in [-0.2, 0) is 24.0 Å². The van der Waals surface area contributed by atoms with E-state index >= 15 is 0 Å². The summed E-state index contributed by atoms with van der Waals surface area (Å²) < 4.78 is 46.3. The second kappa shape index (κ2) is 7.35. The van der Waals surface area contributed by atoms with Gasteiger partial charge >= 0.3 is 12.1 Å². The molecule has 0 radical (unpaired) electrons. The van der Waals surface area contributed by atoms with Crippen molar-refractivity contribution < 1.29 is 27.8 Å². The van der Waals surface area contributed by atoms with Crippen LogP contribution in [0.15, 0.2) is 42.6 Å². The summed E-state index contributed by atoms with van der Waals surface area (Å²) in [5.74, 6) is -2.35. The van der Waals surface area contributed by atoms with Crippen molar-refractivity contribution in [3.63, 3.8) is 0 Å². The smallest absolute Gasteiger partial charge is 0.421 e. The molecular weight excluding hydrogens is 347 g/mol. The van der Waals surface area contributed by atoms with E-state index in [1.807, 2.05) is 0 Å². The number of aromatic nitrogens is 1. The Morgan fingerprint density at radius 2 is 1.92 bits per heavy atom. The van der Waals surface area contributed by atoms with Gasteiger partial charge in [-0.2, -0.15) is 13.2 Å². The summed E-state index contributed by atoms with van der Waals surface area (Å²) >= 11 is 0. The maximum Gasteiger partial charge on any atom is 0.421 e. The Bertz CT molecular complexity index is 773. The molecule has 1 saturated carbocycles. The quantitative estimate of drug-likeness (QED) is 0.793. The lowest BCUT2D eigenvalue weighted by Gasteiger charge is -2.19. The fourth-order valence-electron chi connectivity index (χ4n) is 2.96. The molecule has 1 fully saturated rings. The van der Waals surface area contributed by atoms with Crippen molar-refractivity contribution in [3.05, 3.63) is 59.4 Å². The van der Waals surface area contributed by atoms with Crippen LogP contribution in [0.1, 0.15) is 29.7 Å². The number of carbonyl (C=O) groups is 1. The van der Waals surface area contributed by atoms with E-state index in [-0.39, 0.29) is 30.4 Å². The number of aliphatic carboxylic acids is 1. The normalized spacial score (nSPS) is 15.5. The fourth-order valence-corrected chi connectivity index (χ4v) is 2.96. The SMILES string of the molecule is O=C(O)C(Cc1nccc(OCc2ccccc2)c1C(F)(F)F)C1CC1. The van der Waals surface area contributed by atoms with Gasteiger partial charge in [0.25, 0.3) is 0 Å². The Labute approximate surface area is 148 Å². The maximum absolute atomic E-state index is 13.6. The molecular formula is C19H18F3NO3. The van der Waals surface area contributed by atoms with Crippen molar-refractivity contribution in [2.24, 2.45) is 11.8 Å².